The SMILES string of the molecule is CC(C(=O)O)S(=O)(=O)Cc1cccnc1C#N. The van der Waals surface area contributed by atoms with Gasteiger partial charge in [-0.1, -0.05) is 6.07 Å². The first-order valence-electron chi connectivity index (χ1n) is 4.67. The second-order valence-electron chi connectivity index (χ2n) is 3.41. The van der Waals surface area contributed by atoms with Crippen molar-refractivity contribution in [2.75, 3.05) is 0 Å². The Kier molecular flexibility index (Phi) is 3.81. The topological polar surface area (TPSA) is 108 Å². The van der Waals surface area contributed by atoms with Gasteiger partial charge in [0.25, 0.3) is 0 Å². The minimum atomic E-state index is -3.84. The predicted molar refractivity (Wildman–Crippen MR) is 58.7 cm³/mol. The molecule has 1 unspecified atom stereocenters. The first kappa shape index (κ1) is 13.1. The summed E-state index contributed by atoms with van der Waals surface area (Å²) >= 11 is 0. The Morgan fingerprint density at radius 1 is 1.65 bits per heavy atom. The Morgan fingerprint density at radius 2 is 2.29 bits per heavy atom. The molecular formula is C10H10N2O4S. The number of hydrogen-bond donors (Lipinski definition) is 1. The lowest BCUT2D eigenvalue weighted by Gasteiger charge is -2.08. The number of rotatable bonds is 4. The van der Waals surface area contributed by atoms with E-state index in [1.807, 2.05) is 0 Å². The highest BCUT2D eigenvalue weighted by Crippen LogP contribution is 2.13. The predicted octanol–water partition coefficient (Wildman–Crippen LogP) is 0.341. The Hall–Kier alpha value is -1.94. The second kappa shape index (κ2) is 4.93. The zero-order valence-corrected chi connectivity index (χ0v) is 9.81. The van der Waals surface area contributed by atoms with E-state index >= 15 is 0 Å². The molecule has 0 saturated carbocycles. The van der Waals surface area contributed by atoms with E-state index in [4.69, 9.17) is 10.4 Å². The lowest BCUT2D eigenvalue weighted by atomic mass is 10.2. The van der Waals surface area contributed by atoms with Gasteiger partial charge in [0.05, 0.1) is 5.75 Å². The molecule has 1 atom stereocenters. The molecule has 6 nitrogen and oxygen atoms in total. The summed E-state index contributed by atoms with van der Waals surface area (Å²) in [5.74, 6) is -1.91. The summed E-state index contributed by atoms with van der Waals surface area (Å²) in [5, 5.41) is 15.9. The van der Waals surface area contributed by atoms with Crippen LogP contribution in [-0.2, 0) is 20.4 Å². The van der Waals surface area contributed by atoms with E-state index in [0.29, 0.717) is 0 Å². The molecule has 0 amide bonds. The first-order chi connectivity index (χ1) is 7.88. The highest BCUT2D eigenvalue weighted by Gasteiger charge is 2.28. The molecule has 0 saturated heterocycles. The summed E-state index contributed by atoms with van der Waals surface area (Å²) in [6, 6.07) is 4.70. The van der Waals surface area contributed by atoms with Crippen molar-refractivity contribution in [2.45, 2.75) is 17.9 Å². The van der Waals surface area contributed by atoms with Crippen LogP contribution in [0.2, 0.25) is 0 Å². The highest BCUT2D eigenvalue weighted by atomic mass is 32.2. The van der Waals surface area contributed by atoms with Crippen molar-refractivity contribution in [2.24, 2.45) is 0 Å². The number of carboxylic acids is 1. The molecule has 1 aromatic rings. The Labute approximate surface area is 98.4 Å². The van der Waals surface area contributed by atoms with Crippen LogP contribution in [0.15, 0.2) is 18.3 Å². The van der Waals surface area contributed by atoms with Crippen molar-refractivity contribution in [3.05, 3.63) is 29.6 Å². The van der Waals surface area contributed by atoms with E-state index in [1.165, 1.54) is 18.3 Å². The maximum Gasteiger partial charge on any atom is 0.321 e. The molecule has 0 radical (unpaired) electrons. The van der Waals surface area contributed by atoms with E-state index < -0.39 is 26.8 Å². The molecule has 1 heterocycles. The molecule has 17 heavy (non-hydrogen) atoms. The van der Waals surface area contributed by atoms with Crippen LogP contribution >= 0.6 is 0 Å². The van der Waals surface area contributed by atoms with Gasteiger partial charge >= 0.3 is 5.97 Å². The summed E-state index contributed by atoms with van der Waals surface area (Å²) in [5.41, 5.74) is 0.205. The van der Waals surface area contributed by atoms with Gasteiger partial charge in [0.1, 0.15) is 11.8 Å². The van der Waals surface area contributed by atoms with E-state index in [0.717, 1.165) is 6.92 Å². The number of pyridine rings is 1. The van der Waals surface area contributed by atoms with E-state index in [9.17, 15) is 13.2 Å². The fourth-order valence-corrected chi connectivity index (χ4v) is 2.37. The van der Waals surface area contributed by atoms with Crippen molar-refractivity contribution >= 4 is 15.8 Å². The summed E-state index contributed by atoms with van der Waals surface area (Å²) in [6.07, 6.45) is 1.37. The van der Waals surface area contributed by atoms with Gasteiger partial charge in [0.2, 0.25) is 0 Å². The number of hydrogen-bond acceptors (Lipinski definition) is 5. The molecule has 0 aliphatic rings. The van der Waals surface area contributed by atoms with Crippen LogP contribution in [0, 0.1) is 11.3 Å². The van der Waals surface area contributed by atoms with Crippen LogP contribution in [0.3, 0.4) is 0 Å². The van der Waals surface area contributed by atoms with E-state index in [2.05, 4.69) is 4.98 Å². The third-order valence-corrected chi connectivity index (χ3v) is 4.23. The van der Waals surface area contributed by atoms with Gasteiger partial charge in [-0.05, 0) is 13.0 Å². The van der Waals surface area contributed by atoms with Crippen molar-refractivity contribution in [1.82, 2.24) is 4.98 Å². The van der Waals surface area contributed by atoms with Crippen molar-refractivity contribution < 1.29 is 18.3 Å². The number of aliphatic carboxylic acids is 1. The van der Waals surface area contributed by atoms with Gasteiger partial charge in [-0.3, -0.25) is 4.79 Å². The standard InChI is InChI=1S/C10H10N2O4S/c1-7(10(13)14)17(15,16)6-8-3-2-4-12-9(8)5-11/h2-4,7H,6H2,1H3,(H,13,14). The van der Waals surface area contributed by atoms with Crippen LogP contribution in [0.5, 0.6) is 0 Å². The van der Waals surface area contributed by atoms with Crippen molar-refractivity contribution in [3.8, 4) is 6.07 Å². The number of aromatic nitrogens is 1. The number of carbonyl (C=O) groups is 1. The number of nitriles is 1. The molecule has 0 aromatic carbocycles. The Morgan fingerprint density at radius 3 is 2.82 bits per heavy atom. The average molecular weight is 254 g/mol. The minimum absolute atomic E-state index is 0.00587. The molecule has 1 N–H and O–H groups in total. The summed E-state index contributed by atoms with van der Waals surface area (Å²) in [6.45, 7) is 1.10. The van der Waals surface area contributed by atoms with Crippen molar-refractivity contribution in [3.63, 3.8) is 0 Å². The lowest BCUT2D eigenvalue weighted by Crippen LogP contribution is -2.28. The maximum atomic E-state index is 11.7. The van der Waals surface area contributed by atoms with Crippen LogP contribution in [0.25, 0.3) is 0 Å². The van der Waals surface area contributed by atoms with Crippen LogP contribution in [-0.4, -0.2) is 29.7 Å². The van der Waals surface area contributed by atoms with Gasteiger partial charge in [-0.25, -0.2) is 13.4 Å². The van der Waals surface area contributed by atoms with E-state index in [1.54, 1.807) is 6.07 Å². The molecular weight excluding hydrogens is 244 g/mol. The minimum Gasteiger partial charge on any atom is -0.480 e. The average Bonchev–Trinajstić information content (AvgIpc) is 2.28. The highest BCUT2D eigenvalue weighted by molar-refractivity contribution is 7.91. The molecule has 0 fully saturated rings. The molecule has 0 bridgehead atoms. The lowest BCUT2D eigenvalue weighted by molar-refractivity contribution is -0.136. The largest absolute Gasteiger partial charge is 0.480 e. The molecule has 7 heteroatoms. The van der Waals surface area contributed by atoms with Crippen LogP contribution in [0.4, 0.5) is 0 Å². The van der Waals surface area contributed by atoms with Gasteiger partial charge in [0, 0.05) is 11.8 Å². The summed E-state index contributed by atoms with van der Waals surface area (Å²) < 4.78 is 23.4. The molecule has 90 valence electrons. The van der Waals surface area contributed by atoms with Crippen LogP contribution in [0.1, 0.15) is 18.2 Å². The summed E-state index contributed by atoms with van der Waals surface area (Å²) in [4.78, 5) is 14.3. The van der Waals surface area contributed by atoms with Gasteiger partial charge in [0.15, 0.2) is 15.1 Å². The zero-order valence-electron chi connectivity index (χ0n) is 8.99. The smallest absolute Gasteiger partial charge is 0.321 e. The molecule has 1 rings (SSSR count). The number of nitrogens with zero attached hydrogens (tertiary/aromatic N) is 2. The van der Waals surface area contributed by atoms with Gasteiger partial charge in [-0.15, -0.1) is 0 Å². The third-order valence-electron chi connectivity index (χ3n) is 2.24. The van der Waals surface area contributed by atoms with E-state index in [-0.39, 0.29) is 11.3 Å². The molecule has 0 spiro atoms. The maximum absolute atomic E-state index is 11.7. The second-order valence-corrected chi connectivity index (χ2v) is 5.73. The monoisotopic (exact) mass is 254 g/mol. The molecule has 0 aliphatic carbocycles. The van der Waals surface area contributed by atoms with Crippen LogP contribution < -0.4 is 0 Å². The third kappa shape index (κ3) is 3.01. The number of sulfone groups is 1. The normalized spacial score (nSPS) is 12.7. The fraction of sp³-hybridized carbons (Fsp3) is 0.300. The Balaban J connectivity index is 3.07. The zero-order chi connectivity index (χ0) is 13.1. The quantitative estimate of drug-likeness (QED) is 0.830. The van der Waals surface area contributed by atoms with Gasteiger partial charge < -0.3 is 5.11 Å². The van der Waals surface area contributed by atoms with Gasteiger partial charge in [-0.2, -0.15) is 5.26 Å². The number of carboxylic acid groups (broad SMARTS) is 1. The molecule has 1 aromatic heterocycles. The van der Waals surface area contributed by atoms with Crippen molar-refractivity contribution in [1.29, 1.82) is 5.26 Å². The summed E-state index contributed by atoms with van der Waals surface area (Å²) in [7, 11) is -3.84. The first-order valence-corrected chi connectivity index (χ1v) is 6.38. The molecule has 0 aliphatic heterocycles. The Bertz CT molecular complexity index is 574. The fourth-order valence-electron chi connectivity index (χ4n) is 1.15.